The molecule has 0 unspecified atom stereocenters. The third-order valence-electron chi connectivity index (χ3n) is 7.21. The Morgan fingerprint density at radius 1 is 1.06 bits per heavy atom. The molecule has 0 radical (unpaired) electrons. The van der Waals surface area contributed by atoms with Crippen LogP contribution in [0.2, 0.25) is 0 Å². The molecular formula is C25H24N6O2. The summed E-state index contributed by atoms with van der Waals surface area (Å²) in [6, 6.07) is 11.7. The molecule has 3 aliphatic rings. The smallest absolute Gasteiger partial charge is 0.308 e. The maximum atomic E-state index is 12.1. The van der Waals surface area contributed by atoms with Crippen molar-refractivity contribution < 1.29 is 9.90 Å². The summed E-state index contributed by atoms with van der Waals surface area (Å²) in [5.74, 6) is 0.661. The maximum Gasteiger partial charge on any atom is 0.308 e. The van der Waals surface area contributed by atoms with E-state index in [4.69, 9.17) is 9.97 Å². The molecule has 0 amide bonds. The van der Waals surface area contributed by atoms with Gasteiger partial charge in [-0.05, 0) is 37.5 Å². The van der Waals surface area contributed by atoms with Gasteiger partial charge in [-0.3, -0.25) is 4.79 Å². The number of aromatic amines is 1. The van der Waals surface area contributed by atoms with Crippen molar-refractivity contribution >= 4 is 22.8 Å². The van der Waals surface area contributed by atoms with E-state index in [0.29, 0.717) is 17.6 Å². The molecule has 3 heterocycles. The second-order valence-corrected chi connectivity index (χ2v) is 9.02. The lowest BCUT2D eigenvalue weighted by Crippen LogP contribution is -2.51. The van der Waals surface area contributed by atoms with Crippen molar-refractivity contribution in [3.8, 4) is 22.6 Å². The van der Waals surface area contributed by atoms with Crippen LogP contribution in [0.4, 0.5) is 5.82 Å². The minimum atomic E-state index is -0.715. The second kappa shape index (κ2) is 7.95. The third-order valence-corrected chi connectivity index (χ3v) is 7.21. The molecule has 3 N–H and O–H groups in total. The van der Waals surface area contributed by atoms with E-state index < -0.39 is 11.9 Å². The average Bonchev–Trinajstić information content (AvgIpc) is 3.29. The van der Waals surface area contributed by atoms with Gasteiger partial charge in [0.15, 0.2) is 5.82 Å². The van der Waals surface area contributed by atoms with Gasteiger partial charge in [0, 0.05) is 41.0 Å². The van der Waals surface area contributed by atoms with Crippen molar-refractivity contribution in [2.24, 2.45) is 17.8 Å². The molecule has 2 bridgehead atoms. The second-order valence-electron chi connectivity index (χ2n) is 9.02. The van der Waals surface area contributed by atoms with Crippen LogP contribution in [0.5, 0.6) is 0 Å². The molecule has 166 valence electrons. The predicted octanol–water partition coefficient (Wildman–Crippen LogP) is 4.38. The number of rotatable bonds is 5. The van der Waals surface area contributed by atoms with Crippen LogP contribution < -0.4 is 5.32 Å². The Hall–Kier alpha value is -3.81. The average molecular weight is 441 g/mol. The van der Waals surface area contributed by atoms with Crippen LogP contribution in [0.1, 0.15) is 25.7 Å². The Balaban J connectivity index is 1.45. The molecule has 8 heteroatoms. The van der Waals surface area contributed by atoms with Gasteiger partial charge in [0.2, 0.25) is 0 Å². The zero-order chi connectivity index (χ0) is 22.4. The minimum absolute atomic E-state index is 0.132. The summed E-state index contributed by atoms with van der Waals surface area (Å²) in [4.78, 5) is 33.4. The minimum Gasteiger partial charge on any atom is -0.481 e. The number of nitrogens with zero attached hydrogens (tertiary/aromatic N) is 4. The summed E-state index contributed by atoms with van der Waals surface area (Å²) in [6.07, 6.45) is 9.22. The van der Waals surface area contributed by atoms with Crippen LogP contribution >= 0.6 is 0 Å². The molecule has 4 aromatic rings. The first-order chi connectivity index (χ1) is 16.2. The van der Waals surface area contributed by atoms with Gasteiger partial charge < -0.3 is 15.4 Å². The van der Waals surface area contributed by atoms with E-state index in [1.165, 1.54) is 6.33 Å². The number of carboxylic acids is 1. The highest BCUT2D eigenvalue weighted by Gasteiger charge is 2.47. The first-order valence-corrected chi connectivity index (χ1v) is 11.4. The number of nitrogens with one attached hydrogen (secondary N) is 2. The molecule has 3 saturated carbocycles. The fourth-order valence-electron chi connectivity index (χ4n) is 5.63. The van der Waals surface area contributed by atoms with Crippen molar-refractivity contribution in [1.29, 1.82) is 0 Å². The molecule has 0 aliphatic heterocycles. The van der Waals surface area contributed by atoms with E-state index in [1.807, 2.05) is 42.6 Å². The van der Waals surface area contributed by atoms with E-state index in [2.05, 4.69) is 20.3 Å². The monoisotopic (exact) mass is 440 g/mol. The maximum absolute atomic E-state index is 12.1. The van der Waals surface area contributed by atoms with Crippen LogP contribution in [-0.4, -0.2) is 42.0 Å². The highest BCUT2D eigenvalue weighted by atomic mass is 16.4. The molecule has 2 atom stereocenters. The van der Waals surface area contributed by atoms with Crippen molar-refractivity contribution in [2.75, 3.05) is 5.32 Å². The Labute approximate surface area is 190 Å². The van der Waals surface area contributed by atoms with E-state index in [9.17, 15) is 9.90 Å². The van der Waals surface area contributed by atoms with E-state index >= 15 is 0 Å². The summed E-state index contributed by atoms with van der Waals surface area (Å²) in [6.45, 7) is 0. The number of aliphatic carboxylic acids is 1. The summed E-state index contributed by atoms with van der Waals surface area (Å²) >= 11 is 0. The normalized spacial score (nSPS) is 24.1. The SMILES string of the molecule is O=C(O)[C@@H]1C2CCC(CC2)[C@H]1Nc1cc(-c2ccccc2)nc(-c2c[nH]c3ncncc23)n1. The van der Waals surface area contributed by atoms with Crippen molar-refractivity contribution in [3.63, 3.8) is 0 Å². The van der Waals surface area contributed by atoms with Crippen molar-refractivity contribution in [3.05, 3.63) is 55.1 Å². The number of benzene rings is 1. The van der Waals surface area contributed by atoms with Crippen LogP contribution in [0.15, 0.2) is 55.1 Å². The predicted molar refractivity (Wildman–Crippen MR) is 124 cm³/mol. The molecule has 8 nitrogen and oxygen atoms in total. The van der Waals surface area contributed by atoms with Gasteiger partial charge in [-0.2, -0.15) is 0 Å². The first kappa shape index (κ1) is 19.8. The van der Waals surface area contributed by atoms with Gasteiger partial charge in [-0.1, -0.05) is 30.3 Å². The zero-order valence-electron chi connectivity index (χ0n) is 18.0. The summed E-state index contributed by atoms with van der Waals surface area (Å²) in [5, 5.41) is 14.3. The molecule has 3 aromatic heterocycles. The fourth-order valence-corrected chi connectivity index (χ4v) is 5.63. The molecule has 0 saturated heterocycles. The molecule has 0 spiro atoms. The summed E-state index contributed by atoms with van der Waals surface area (Å²) in [5.41, 5.74) is 3.28. The number of carbonyl (C=O) groups is 1. The summed E-state index contributed by atoms with van der Waals surface area (Å²) in [7, 11) is 0. The lowest BCUT2D eigenvalue weighted by atomic mass is 9.61. The molecule has 3 fully saturated rings. The fraction of sp³-hybridized carbons (Fsp3) is 0.320. The van der Waals surface area contributed by atoms with Gasteiger partial charge >= 0.3 is 5.97 Å². The van der Waals surface area contributed by atoms with E-state index in [0.717, 1.165) is 53.5 Å². The molecular weight excluding hydrogens is 416 g/mol. The summed E-state index contributed by atoms with van der Waals surface area (Å²) < 4.78 is 0. The standard InChI is InChI=1S/C25H24N6O2/c32-25(33)21-15-6-8-16(9-7-15)22(21)30-20-10-19(14-4-2-1-3-5-14)29-24(31-20)18-12-27-23-17(18)11-26-13-28-23/h1-5,10-13,15-16,21-22H,6-9H2,(H,32,33)(H,26,27,28)(H,29,30,31)/t15?,16?,21-,22-/m1/s1. The zero-order valence-corrected chi connectivity index (χ0v) is 18.0. The topological polar surface area (TPSA) is 117 Å². The lowest BCUT2D eigenvalue weighted by Gasteiger charge is -2.47. The molecule has 3 aliphatic carbocycles. The Bertz CT molecular complexity index is 1310. The number of hydrogen-bond donors (Lipinski definition) is 3. The van der Waals surface area contributed by atoms with Crippen molar-refractivity contribution in [2.45, 2.75) is 31.7 Å². The van der Waals surface area contributed by atoms with Gasteiger partial charge in [-0.15, -0.1) is 0 Å². The van der Waals surface area contributed by atoms with Crippen LogP contribution in [-0.2, 0) is 4.79 Å². The van der Waals surface area contributed by atoms with Gasteiger partial charge in [0.25, 0.3) is 0 Å². The van der Waals surface area contributed by atoms with Gasteiger partial charge in [-0.25, -0.2) is 19.9 Å². The largest absolute Gasteiger partial charge is 0.481 e. The highest BCUT2D eigenvalue weighted by molar-refractivity contribution is 5.91. The number of H-pyrrole nitrogens is 1. The van der Waals surface area contributed by atoms with Crippen molar-refractivity contribution in [1.82, 2.24) is 24.9 Å². The molecule has 33 heavy (non-hydrogen) atoms. The Morgan fingerprint density at radius 2 is 1.85 bits per heavy atom. The molecule has 7 rings (SSSR count). The van der Waals surface area contributed by atoms with Gasteiger partial charge in [0.1, 0.15) is 17.8 Å². The third kappa shape index (κ3) is 3.51. The Kier molecular flexibility index (Phi) is 4.78. The Morgan fingerprint density at radius 3 is 2.64 bits per heavy atom. The first-order valence-electron chi connectivity index (χ1n) is 11.4. The van der Waals surface area contributed by atoms with E-state index in [-0.39, 0.29) is 12.0 Å². The number of carboxylic acid groups (broad SMARTS) is 1. The van der Waals surface area contributed by atoms with Gasteiger partial charge in [0.05, 0.1) is 11.6 Å². The van der Waals surface area contributed by atoms with Crippen LogP contribution in [0, 0.1) is 17.8 Å². The number of anilines is 1. The van der Waals surface area contributed by atoms with Crippen LogP contribution in [0.25, 0.3) is 33.7 Å². The lowest BCUT2D eigenvalue weighted by molar-refractivity contribution is -0.148. The quantitative estimate of drug-likeness (QED) is 0.421. The number of fused-ring (bicyclic) bond motifs is 4. The molecule has 1 aromatic carbocycles. The van der Waals surface area contributed by atoms with Crippen LogP contribution in [0.3, 0.4) is 0 Å². The number of aromatic nitrogens is 5. The van der Waals surface area contributed by atoms with E-state index in [1.54, 1.807) is 6.20 Å². The number of hydrogen-bond acceptors (Lipinski definition) is 6. The highest BCUT2D eigenvalue weighted by Crippen LogP contribution is 2.46.